The van der Waals surface area contributed by atoms with Gasteiger partial charge in [0.2, 0.25) is 0 Å². The van der Waals surface area contributed by atoms with E-state index in [1.165, 1.54) is 57.8 Å². The van der Waals surface area contributed by atoms with Crippen molar-refractivity contribution >= 4 is 11.9 Å². The van der Waals surface area contributed by atoms with Crippen LogP contribution in [0.2, 0.25) is 0 Å². The Morgan fingerprint density at radius 1 is 0.559 bits per heavy atom. The SMILES string of the molecule is CCCCC(CC)COC(=O)CCCCCCCCCC(CC)C(=O)OCC(CC)CCCC. The molecule has 0 aliphatic heterocycles. The van der Waals surface area contributed by atoms with E-state index in [2.05, 4.69) is 34.6 Å². The van der Waals surface area contributed by atoms with Crippen LogP contribution in [-0.2, 0) is 19.1 Å². The van der Waals surface area contributed by atoms with Crippen molar-refractivity contribution in [2.24, 2.45) is 17.8 Å². The highest BCUT2D eigenvalue weighted by atomic mass is 16.5. The maximum Gasteiger partial charge on any atom is 0.308 e. The topological polar surface area (TPSA) is 52.6 Å². The fourth-order valence-electron chi connectivity index (χ4n) is 4.43. The average Bonchev–Trinajstić information content (AvgIpc) is 2.85. The van der Waals surface area contributed by atoms with Crippen molar-refractivity contribution in [2.45, 2.75) is 150 Å². The number of esters is 2. The van der Waals surface area contributed by atoms with Crippen molar-refractivity contribution in [3.8, 4) is 0 Å². The normalized spacial score (nSPS) is 13.9. The molecule has 0 radical (unpaired) electrons. The van der Waals surface area contributed by atoms with Gasteiger partial charge in [0, 0.05) is 6.42 Å². The molecular formula is C30H58O4. The smallest absolute Gasteiger partial charge is 0.308 e. The second kappa shape index (κ2) is 23.7. The van der Waals surface area contributed by atoms with Crippen LogP contribution in [0.1, 0.15) is 150 Å². The highest BCUT2D eigenvalue weighted by Gasteiger charge is 2.19. The molecule has 0 aliphatic carbocycles. The number of carbonyl (C=O) groups is 2. The molecule has 0 N–H and O–H groups in total. The van der Waals surface area contributed by atoms with Gasteiger partial charge in [-0.15, -0.1) is 0 Å². The molecule has 0 amide bonds. The van der Waals surface area contributed by atoms with Gasteiger partial charge in [-0.3, -0.25) is 9.59 Å². The molecule has 4 nitrogen and oxygen atoms in total. The molecule has 4 heteroatoms. The average molecular weight is 483 g/mol. The molecule has 0 rings (SSSR count). The predicted octanol–water partition coefficient (Wildman–Crippen LogP) is 9.04. The summed E-state index contributed by atoms with van der Waals surface area (Å²) in [4.78, 5) is 24.4. The fraction of sp³-hybridized carbons (Fsp3) is 0.933. The van der Waals surface area contributed by atoms with Crippen molar-refractivity contribution in [3.63, 3.8) is 0 Å². The first kappa shape index (κ1) is 32.9. The molecule has 3 atom stereocenters. The second-order valence-electron chi connectivity index (χ2n) is 10.3. The van der Waals surface area contributed by atoms with Crippen LogP contribution in [0.25, 0.3) is 0 Å². The number of ether oxygens (including phenoxy) is 2. The first-order chi connectivity index (χ1) is 16.5. The molecule has 34 heavy (non-hydrogen) atoms. The summed E-state index contributed by atoms with van der Waals surface area (Å²) in [6, 6.07) is 0. The van der Waals surface area contributed by atoms with Gasteiger partial charge in [-0.2, -0.15) is 0 Å². The summed E-state index contributed by atoms with van der Waals surface area (Å²) >= 11 is 0. The van der Waals surface area contributed by atoms with Crippen molar-refractivity contribution in [3.05, 3.63) is 0 Å². The number of rotatable bonds is 24. The van der Waals surface area contributed by atoms with Gasteiger partial charge in [0.1, 0.15) is 0 Å². The van der Waals surface area contributed by atoms with Crippen molar-refractivity contribution in [1.82, 2.24) is 0 Å². The third-order valence-corrected chi connectivity index (χ3v) is 7.29. The summed E-state index contributed by atoms with van der Waals surface area (Å²) in [5, 5.41) is 0. The Bertz CT molecular complexity index is 476. The lowest BCUT2D eigenvalue weighted by atomic mass is 9.97. The van der Waals surface area contributed by atoms with E-state index in [4.69, 9.17) is 9.47 Å². The number of carbonyl (C=O) groups excluding carboxylic acids is 2. The second-order valence-corrected chi connectivity index (χ2v) is 10.3. The lowest BCUT2D eigenvalue weighted by Gasteiger charge is -2.18. The third kappa shape index (κ3) is 18.3. The van der Waals surface area contributed by atoms with Gasteiger partial charge in [0.15, 0.2) is 0 Å². The minimum atomic E-state index is -0.0249. The monoisotopic (exact) mass is 482 g/mol. The van der Waals surface area contributed by atoms with Gasteiger partial charge in [-0.25, -0.2) is 0 Å². The van der Waals surface area contributed by atoms with Crippen LogP contribution in [-0.4, -0.2) is 25.2 Å². The van der Waals surface area contributed by atoms with E-state index in [0.717, 1.165) is 51.4 Å². The van der Waals surface area contributed by atoms with E-state index in [0.29, 0.717) is 31.5 Å². The minimum absolute atomic E-state index is 0.0138. The first-order valence-electron chi connectivity index (χ1n) is 14.8. The molecule has 0 fully saturated rings. The van der Waals surface area contributed by atoms with Gasteiger partial charge >= 0.3 is 11.9 Å². The van der Waals surface area contributed by atoms with Crippen LogP contribution in [0.15, 0.2) is 0 Å². The Kier molecular flexibility index (Phi) is 22.9. The largest absolute Gasteiger partial charge is 0.465 e. The minimum Gasteiger partial charge on any atom is -0.465 e. The van der Waals surface area contributed by atoms with Crippen LogP contribution in [0.4, 0.5) is 0 Å². The van der Waals surface area contributed by atoms with E-state index in [9.17, 15) is 9.59 Å². The van der Waals surface area contributed by atoms with Gasteiger partial charge in [0.05, 0.1) is 19.1 Å². The van der Waals surface area contributed by atoms with E-state index in [1.54, 1.807) is 0 Å². The van der Waals surface area contributed by atoms with Gasteiger partial charge in [-0.05, 0) is 43.9 Å². The number of hydrogen-bond donors (Lipinski definition) is 0. The van der Waals surface area contributed by atoms with Crippen LogP contribution in [0.5, 0.6) is 0 Å². The highest BCUT2D eigenvalue weighted by Crippen LogP contribution is 2.19. The highest BCUT2D eigenvalue weighted by molar-refractivity contribution is 5.72. The molecule has 0 aliphatic rings. The number of unbranched alkanes of at least 4 members (excludes halogenated alkanes) is 8. The molecule has 0 aromatic rings. The van der Waals surface area contributed by atoms with Crippen LogP contribution >= 0.6 is 0 Å². The lowest BCUT2D eigenvalue weighted by molar-refractivity contribution is -0.150. The number of hydrogen-bond acceptors (Lipinski definition) is 4. The van der Waals surface area contributed by atoms with Gasteiger partial charge in [-0.1, -0.05) is 112 Å². The molecule has 0 heterocycles. The van der Waals surface area contributed by atoms with E-state index in [-0.39, 0.29) is 17.9 Å². The molecule has 0 saturated carbocycles. The van der Waals surface area contributed by atoms with Crippen LogP contribution in [0, 0.1) is 17.8 Å². The molecule has 0 bridgehead atoms. The Morgan fingerprint density at radius 2 is 1.06 bits per heavy atom. The summed E-state index contributed by atoms with van der Waals surface area (Å²) in [5.74, 6) is 1.09. The predicted molar refractivity (Wildman–Crippen MR) is 144 cm³/mol. The fourth-order valence-corrected chi connectivity index (χ4v) is 4.43. The first-order valence-corrected chi connectivity index (χ1v) is 14.8. The zero-order valence-corrected chi connectivity index (χ0v) is 23.5. The van der Waals surface area contributed by atoms with E-state index >= 15 is 0 Å². The van der Waals surface area contributed by atoms with Crippen molar-refractivity contribution < 1.29 is 19.1 Å². The Morgan fingerprint density at radius 3 is 1.56 bits per heavy atom. The Labute approximate surface area is 212 Å². The maximum absolute atomic E-state index is 12.4. The van der Waals surface area contributed by atoms with Gasteiger partial charge in [0.25, 0.3) is 0 Å². The third-order valence-electron chi connectivity index (χ3n) is 7.29. The molecule has 0 saturated heterocycles. The molecule has 0 spiro atoms. The zero-order chi connectivity index (χ0) is 25.4. The summed E-state index contributed by atoms with van der Waals surface area (Å²) < 4.78 is 11.1. The van der Waals surface area contributed by atoms with Crippen molar-refractivity contribution in [2.75, 3.05) is 13.2 Å². The van der Waals surface area contributed by atoms with E-state index < -0.39 is 0 Å². The Balaban J connectivity index is 3.75. The standard InChI is InChI=1S/C30H58O4/c1-6-11-20-26(8-3)24-33-29(31)23-19-17-15-13-14-16-18-22-28(10-5)30(32)34-25-27(9-4)21-12-7-2/h26-28H,6-25H2,1-5H3. The molecule has 0 aromatic carbocycles. The van der Waals surface area contributed by atoms with Gasteiger partial charge < -0.3 is 9.47 Å². The molecule has 202 valence electrons. The maximum atomic E-state index is 12.4. The lowest BCUT2D eigenvalue weighted by Crippen LogP contribution is -2.21. The van der Waals surface area contributed by atoms with Crippen LogP contribution in [0.3, 0.4) is 0 Å². The molecule has 3 unspecified atom stereocenters. The van der Waals surface area contributed by atoms with Crippen molar-refractivity contribution in [1.29, 1.82) is 0 Å². The summed E-state index contributed by atoms with van der Waals surface area (Å²) in [6.07, 6.45) is 19.6. The summed E-state index contributed by atoms with van der Waals surface area (Å²) in [7, 11) is 0. The quantitative estimate of drug-likeness (QED) is 0.102. The van der Waals surface area contributed by atoms with E-state index in [1.807, 2.05) is 0 Å². The molecular weight excluding hydrogens is 424 g/mol. The summed E-state index contributed by atoms with van der Waals surface area (Å²) in [5.41, 5.74) is 0. The van der Waals surface area contributed by atoms with Crippen LogP contribution < -0.4 is 0 Å². The Hall–Kier alpha value is -1.06. The summed E-state index contributed by atoms with van der Waals surface area (Å²) in [6.45, 7) is 12.1. The molecule has 0 aromatic heterocycles. The zero-order valence-electron chi connectivity index (χ0n) is 23.5.